The van der Waals surface area contributed by atoms with E-state index >= 15 is 0 Å². The van der Waals surface area contributed by atoms with Crippen LogP contribution >= 0.6 is 11.6 Å². The maximum atomic E-state index is 5.92. The van der Waals surface area contributed by atoms with Crippen molar-refractivity contribution in [3.05, 3.63) is 16.8 Å². The minimum absolute atomic E-state index is 0.387. The quantitative estimate of drug-likeness (QED) is 0.834. The van der Waals surface area contributed by atoms with Crippen molar-refractivity contribution in [1.29, 1.82) is 0 Å². The molecular weight excluding hydrogens is 240 g/mol. The summed E-state index contributed by atoms with van der Waals surface area (Å²) in [6.07, 6.45) is 0.975. The van der Waals surface area contributed by atoms with Crippen LogP contribution < -0.4 is 4.74 Å². The van der Waals surface area contributed by atoms with Gasteiger partial charge < -0.3 is 9.47 Å². The Balaban J connectivity index is 2.30. The molecule has 1 saturated heterocycles. The van der Waals surface area contributed by atoms with Crippen LogP contribution in [0.15, 0.2) is 6.07 Å². The van der Waals surface area contributed by atoms with Crippen molar-refractivity contribution in [3.8, 4) is 5.88 Å². The van der Waals surface area contributed by atoms with E-state index in [4.69, 9.17) is 21.1 Å². The summed E-state index contributed by atoms with van der Waals surface area (Å²) in [6.45, 7) is 6.25. The van der Waals surface area contributed by atoms with Crippen molar-refractivity contribution in [2.24, 2.45) is 5.92 Å². The van der Waals surface area contributed by atoms with Crippen molar-refractivity contribution in [1.82, 2.24) is 10.2 Å². The van der Waals surface area contributed by atoms with Gasteiger partial charge in [-0.3, -0.25) is 0 Å². The Bertz CT molecular complexity index is 387. The van der Waals surface area contributed by atoms with Crippen LogP contribution in [0.5, 0.6) is 5.88 Å². The molecule has 2 rings (SSSR count). The van der Waals surface area contributed by atoms with Crippen LogP contribution in [0, 0.1) is 5.92 Å². The Hall–Kier alpha value is -0.870. The van der Waals surface area contributed by atoms with Crippen molar-refractivity contribution in [2.45, 2.75) is 26.2 Å². The molecule has 0 amide bonds. The molecule has 0 aliphatic carbocycles. The molecule has 0 N–H and O–H groups in total. The van der Waals surface area contributed by atoms with E-state index in [1.54, 1.807) is 0 Å². The predicted octanol–water partition coefficient (Wildman–Crippen LogP) is 2.67. The molecule has 1 aromatic rings. The molecule has 0 saturated carbocycles. The fraction of sp³-hybridized carbons (Fsp3) is 0.667. The SMILES string of the molecule is CCOc1nnc(Cl)cc1C1CCOC[C@H]1C. The lowest BCUT2D eigenvalue weighted by molar-refractivity contribution is 0.0464. The first-order valence-corrected chi connectivity index (χ1v) is 6.33. The molecule has 4 nitrogen and oxygen atoms in total. The van der Waals surface area contributed by atoms with Crippen LogP contribution in [0.1, 0.15) is 31.7 Å². The lowest BCUT2D eigenvalue weighted by Crippen LogP contribution is -2.24. The minimum atomic E-state index is 0.387. The second-order valence-electron chi connectivity index (χ2n) is 4.31. The summed E-state index contributed by atoms with van der Waals surface area (Å²) in [4.78, 5) is 0. The third-order valence-corrected chi connectivity index (χ3v) is 3.26. The third kappa shape index (κ3) is 2.87. The maximum absolute atomic E-state index is 5.92. The molecule has 17 heavy (non-hydrogen) atoms. The van der Waals surface area contributed by atoms with Gasteiger partial charge in [0.25, 0.3) is 0 Å². The minimum Gasteiger partial charge on any atom is -0.477 e. The summed E-state index contributed by atoms with van der Waals surface area (Å²) in [5.41, 5.74) is 1.06. The Morgan fingerprint density at radius 1 is 1.53 bits per heavy atom. The second kappa shape index (κ2) is 5.65. The summed E-state index contributed by atoms with van der Waals surface area (Å²) in [5.74, 6) is 1.44. The lowest BCUT2D eigenvalue weighted by Gasteiger charge is -2.29. The van der Waals surface area contributed by atoms with Gasteiger partial charge in [-0.1, -0.05) is 18.5 Å². The van der Waals surface area contributed by atoms with E-state index in [9.17, 15) is 0 Å². The second-order valence-corrected chi connectivity index (χ2v) is 4.70. The number of ether oxygens (including phenoxy) is 2. The normalized spacial score (nSPS) is 24.6. The zero-order valence-corrected chi connectivity index (χ0v) is 10.9. The monoisotopic (exact) mass is 256 g/mol. The van der Waals surface area contributed by atoms with Gasteiger partial charge in [-0.2, -0.15) is 0 Å². The highest BCUT2D eigenvalue weighted by Gasteiger charge is 2.27. The lowest BCUT2D eigenvalue weighted by atomic mass is 9.84. The number of aromatic nitrogens is 2. The van der Waals surface area contributed by atoms with Crippen molar-refractivity contribution < 1.29 is 9.47 Å². The Kier molecular flexibility index (Phi) is 4.18. The molecule has 0 bridgehead atoms. The molecular formula is C12H17ClN2O2. The Morgan fingerprint density at radius 2 is 2.35 bits per heavy atom. The van der Waals surface area contributed by atoms with E-state index in [1.807, 2.05) is 13.0 Å². The van der Waals surface area contributed by atoms with Crippen molar-refractivity contribution in [3.63, 3.8) is 0 Å². The standard InChI is InChI=1S/C12H17ClN2O2/c1-3-17-12-10(6-11(13)14-15-12)9-4-5-16-7-8(9)2/h6,8-9H,3-5,7H2,1-2H3/t8-,9?/m1/s1. The molecule has 1 aromatic heterocycles. The molecule has 5 heteroatoms. The van der Waals surface area contributed by atoms with E-state index in [2.05, 4.69) is 17.1 Å². The number of hydrogen-bond acceptors (Lipinski definition) is 4. The van der Waals surface area contributed by atoms with Gasteiger partial charge in [-0.25, -0.2) is 0 Å². The molecule has 1 unspecified atom stereocenters. The van der Waals surface area contributed by atoms with Gasteiger partial charge in [-0.05, 0) is 31.2 Å². The molecule has 94 valence electrons. The van der Waals surface area contributed by atoms with Crippen LogP contribution in [0.2, 0.25) is 5.15 Å². The average Bonchev–Trinajstić information content (AvgIpc) is 2.32. The van der Waals surface area contributed by atoms with Crippen LogP contribution in [-0.2, 0) is 4.74 Å². The summed E-state index contributed by atoms with van der Waals surface area (Å²) in [5, 5.41) is 8.29. The summed E-state index contributed by atoms with van der Waals surface area (Å²) < 4.78 is 11.0. The highest BCUT2D eigenvalue weighted by molar-refractivity contribution is 6.29. The first kappa shape index (κ1) is 12.6. The van der Waals surface area contributed by atoms with Gasteiger partial charge in [0.15, 0.2) is 5.15 Å². The Labute approximate surface area is 106 Å². The molecule has 0 spiro atoms. The first-order valence-electron chi connectivity index (χ1n) is 5.96. The van der Waals surface area contributed by atoms with Gasteiger partial charge in [0.2, 0.25) is 5.88 Å². The smallest absolute Gasteiger partial charge is 0.237 e. The van der Waals surface area contributed by atoms with Crippen LogP contribution in [0.25, 0.3) is 0 Å². The molecule has 2 heterocycles. The average molecular weight is 257 g/mol. The van der Waals surface area contributed by atoms with E-state index in [0.29, 0.717) is 29.5 Å². The first-order chi connectivity index (χ1) is 8.22. The van der Waals surface area contributed by atoms with E-state index in [0.717, 1.165) is 25.2 Å². The van der Waals surface area contributed by atoms with E-state index < -0.39 is 0 Å². The van der Waals surface area contributed by atoms with Crippen molar-refractivity contribution >= 4 is 11.6 Å². The zero-order chi connectivity index (χ0) is 12.3. The molecule has 0 aromatic carbocycles. The number of rotatable bonds is 3. The number of nitrogens with zero attached hydrogens (tertiary/aromatic N) is 2. The van der Waals surface area contributed by atoms with Gasteiger partial charge in [0, 0.05) is 18.8 Å². The molecule has 2 atom stereocenters. The maximum Gasteiger partial charge on any atom is 0.237 e. The fourth-order valence-corrected chi connectivity index (χ4v) is 2.38. The highest BCUT2D eigenvalue weighted by Crippen LogP contribution is 2.36. The molecule has 1 aliphatic heterocycles. The summed E-state index contributed by atoms with van der Waals surface area (Å²) in [7, 11) is 0. The summed E-state index contributed by atoms with van der Waals surface area (Å²) >= 11 is 5.92. The number of halogens is 1. The van der Waals surface area contributed by atoms with E-state index in [1.165, 1.54) is 0 Å². The molecule has 0 radical (unpaired) electrons. The predicted molar refractivity (Wildman–Crippen MR) is 65.6 cm³/mol. The molecule has 1 fully saturated rings. The topological polar surface area (TPSA) is 44.2 Å². The summed E-state index contributed by atoms with van der Waals surface area (Å²) in [6, 6.07) is 1.87. The van der Waals surface area contributed by atoms with Crippen LogP contribution in [0.3, 0.4) is 0 Å². The van der Waals surface area contributed by atoms with Crippen molar-refractivity contribution in [2.75, 3.05) is 19.8 Å². The van der Waals surface area contributed by atoms with Gasteiger partial charge in [0.05, 0.1) is 6.61 Å². The largest absolute Gasteiger partial charge is 0.477 e. The number of hydrogen-bond donors (Lipinski definition) is 0. The van der Waals surface area contributed by atoms with Crippen LogP contribution in [0.4, 0.5) is 0 Å². The van der Waals surface area contributed by atoms with Gasteiger partial charge in [-0.15, -0.1) is 10.2 Å². The van der Waals surface area contributed by atoms with Gasteiger partial charge >= 0.3 is 0 Å². The third-order valence-electron chi connectivity index (χ3n) is 3.08. The Morgan fingerprint density at radius 3 is 3.06 bits per heavy atom. The molecule has 1 aliphatic rings. The fourth-order valence-electron chi connectivity index (χ4n) is 2.23. The van der Waals surface area contributed by atoms with E-state index in [-0.39, 0.29) is 0 Å². The highest BCUT2D eigenvalue weighted by atomic mass is 35.5. The van der Waals surface area contributed by atoms with Crippen LogP contribution in [-0.4, -0.2) is 30.0 Å². The van der Waals surface area contributed by atoms with Gasteiger partial charge in [0.1, 0.15) is 0 Å². The zero-order valence-electron chi connectivity index (χ0n) is 10.1.